The van der Waals surface area contributed by atoms with Gasteiger partial charge in [0.1, 0.15) is 11.4 Å². The highest BCUT2D eigenvalue weighted by Gasteiger charge is 2.27. The summed E-state index contributed by atoms with van der Waals surface area (Å²) in [5.41, 5.74) is -1.17. The average Bonchev–Trinajstić information content (AvgIpc) is 2.10. The van der Waals surface area contributed by atoms with E-state index < -0.39 is 17.3 Å². The van der Waals surface area contributed by atoms with Crippen molar-refractivity contribution in [2.24, 2.45) is 0 Å². The number of nitrogens with one attached hydrogen (secondary N) is 1. The van der Waals surface area contributed by atoms with Gasteiger partial charge in [0, 0.05) is 5.02 Å². The Hall–Kier alpha value is -1.29. The molecule has 0 saturated carbocycles. The van der Waals surface area contributed by atoms with Crippen molar-refractivity contribution in [2.75, 3.05) is 5.32 Å². The number of hydrogen-bond acceptors (Lipinski definition) is 2. The molecule has 0 bridgehead atoms. The maximum absolute atomic E-state index is 13.2. The highest BCUT2D eigenvalue weighted by molar-refractivity contribution is 6.30. The highest BCUT2D eigenvalue weighted by atomic mass is 35.5. The Morgan fingerprint density at radius 1 is 1.53 bits per heavy atom. The molecule has 0 aliphatic carbocycles. The molecule has 0 heterocycles. The lowest BCUT2D eigenvalue weighted by Crippen LogP contribution is -2.40. The normalized spacial score (nSPS) is 11.2. The third kappa shape index (κ3) is 2.83. The molecule has 15 heavy (non-hydrogen) atoms. The smallest absolute Gasteiger partial charge is 0.328 e. The number of carboxylic acids is 1. The second-order valence-electron chi connectivity index (χ2n) is 3.68. The second kappa shape index (κ2) is 4.06. The summed E-state index contributed by atoms with van der Waals surface area (Å²) < 4.78 is 13.2. The van der Waals surface area contributed by atoms with E-state index in [-0.39, 0.29) is 5.69 Å². The minimum Gasteiger partial charge on any atom is -0.480 e. The summed E-state index contributed by atoms with van der Waals surface area (Å²) in [6.07, 6.45) is 0. The van der Waals surface area contributed by atoms with Gasteiger partial charge in [0.15, 0.2) is 0 Å². The quantitative estimate of drug-likeness (QED) is 0.841. The van der Waals surface area contributed by atoms with E-state index in [9.17, 15) is 9.18 Å². The molecule has 0 radical (unpaired) electrons. The fourth-order valence-corrected chi connectivity index (χ4v) is 1.16. The van der Waals surface area contributed by atoms with Crippen LogP contribution in [0.25, 0.3) is 0 Å². The van der Waals surface area contributed by atoms with Gasteiger partial charge in [-0.15, -0.1) is 0 Å². The van der Waals surface area contributed by atoms with Crippen LogP contribution in [0.4, 0.5) is 10.1 Å². The fourth-order valence-electron chi connectivity index (χ4n) is 0.983. The average molecular weight is 232 g/mol. The molecule has 1 rings (SSSR count). The van der Waals surface area contributed by atoms with E-state index in [1.54, 1.807) is 0 Å². The van der Waals surface area contributed by atoms with Crippen LogP contribution in [0.1, 0.15) is 13.8 Å². The van der Waals surface area contributed by atoms with Gasteiger partial charge in [0.2, 0.25) is 0 Å². The van der Waals surface area contributed by atoms with Gasteiger partial charge in [-0.2, -0.15) is 0 Å². The van der Waals surface area contributed by atoms with Crippen LogP contribution >= 0.6 is 11.6 Å². The van der Waals surface area contributed by atoms with Gasteiger partial charge in [0.25, 0.3) is 0 Å². The molecule has 0 aliphatic heterocycles. The largest absolute Gasteiger partial charge is 0.480 e. The molecule has 0 fully saturated rings. The molecule has 1 aromatic carbocycles. The Morgan fingerprint density at radius 2 is 2.13 bits per heavy atom. The second-order valence-corrected chi connectivity index (χ2v) is 4.12. The first-order valence-corrected chi connectivity index (χ1v) is 4.67. The van der Waals surface area contributed by atoms with E-state index in [2.05, 4.69) is 5.32 Å². The molecule has 0 amide bonds. The molecule has 2 N–H and O–H groups in total. The summed E-state index contributed by atoms with van der Waals surface area (Å²) in [7, 11) is 0. The number of hydrogen-bond donors (Lipinski definition) is 2. The Balaban J connectivity index is 2.99. The maximum Gasteiger partial charge on any atom is 0.328 e. The van der Waals surface area contributed by atoms with Crippen LogP contribution in [-0.2, 0) is 4.79 Å². The van der Waals surface area contributed by atoms with Crippen molar-refractivity contribution < 1.29 is 14.3 Å². The first-order chi connectivity index (χ1) is 6.83. The van der Waals surface area contributed by atoms with Crippen LogP contribution < -0.4 is 5.32 Å². The molecule has 0 aliphatic rings. The minimum atomic E-state index is -1.24. The van der Waals surface area contributed by atoms with Crippen molar-refractivity contribution in [1.29, 1.82) is 0 Å². The van der Waals surface area contributed by atoms with Crippen LogP contribution in [0.15, 0.2) is 18.2 Å². The lowest BCUT2D eigenvalue weighted by molar-refractivity contribution is -0.141. The molecular weight excluding hydrogens is 221 g/mol. The van der Waals surface area contributed by atoms with Crippen LogP contribution in [0.5, 0.6) is 0 Å². The number of rotatable bonds is 3. The van der Waals surface area contributed by atoms with E-state index in [1.807, 2.05) is 0 Å². The standard InChI is InChI=1S/C10H11ClFNO2/c1-10(2,9(14)15)13-8-5-6(11)3-4-7(8)12/h3-5,13H,1-2H3,(H,14,15). The van der Waals surface area contributed by atoms with Crippen molar-refractivity contribution in [2.45, 2.75) is 19.4 Å². The fraction of sp³-hybridized carbons (Fsp3) is 0.300. The summed E-state index contributed by atoms with van der Waals surface area (Å²) in [6, 6.07) is 3.93. The van der Waals surface area contributed by atoms with Gasteiger partial charge in [-0.25, -0.2) is 9.18 Å². The number of aliphatic carboxylic acids is 1. The number of benzene rings is 1. The molecule has 3 nitrogen and oxygen atoms in total. The molecule has 0 aromatic heterocycles. The predicted molar refractivity (Wildman–Crippen MR) is 56.7 cm³/mol. The molecule has 5 heteroatoms. The third-order valence-corrected chi connectivity index (χ3v) is 2.15. The maximum atomic E-state index is 13.2. The van der Waals surface area contributed by atoms with Crippen LogP contribution in [0, 0.1) is 5.82 Å². The van der Waals surface area contributed by atoms with Gasteiger partial charge >= 0.3 is 5.97 Å². The number of halogens is 2. The van der Waals surface area contributed by atoms with Crippen LogP contribution in [0.2, 0.25) is 5.02 Å². The van der Waals surface area contributed by atoms with Gasteiger partial charge in [-0.05, 0) is 32.0 Å². The van der Waals surface area contributed by atoms with E-state index in [0.29, 0.717) is 5.02 Å². The van der Waals surface area contributed by atoms with Crippen molar-refractivity contribution >= 4 is 23.3 Å². The number of anilines is 1. The molecule has 0 unspecified atom stereocenters. The first-order valence-electron chi connectivity index (χ1n) is 4.29. The molecular formula is C10H11ClFNO2. The third-order valence-electron chi connectivity index (χ3n) is 1.91. The molecule has 82 valence electrons. The number of carboxylic acid groups (broad SMARTS) is 1. The van der Waals surface area contributed by atoms with Crippen molar-refractivity contribution in [1.82, 2.24) is 0 Å². The predicted octanol–water partition coefficient (Wildman–Crippen LogP) is 2.75. The summed E-state index contributed by atoms with van der Waals surface area (Å²) in [5, 5.41) is 11.8. The Labute approximate surface area is 91.9 Å². The van der Waals surface area contributed by atoms with Crippen LogP contribution in [-0.4, -0.2) is 16.6 Å². The topological polar surface area (TPSA) is 49.3 Å². The Morgan fingerprint density at radius 3 is 2.67 bits per heavy atom. The van der Waals surface area contributed by atoms with Gasteiger partial charge < -0.3 is 10.4 Å². The molecule has 0 atom stereocenters. The SMILES string of the molecule is CC(C)(Nc1cc(Cl)ccc1F)C(=O)O. The van der Waals surface area contributed by atoms with Crippen molar-refractivity contribution in [3.8, 4) is 0 Å². The monoisotopic (exact) mass is 231 g/mol. The summed E-state index contributed by atoms with van der Waals surface area (Å²) >= 11 is 5.67. The summed E-state index contributed by atoms with van der Waals surface area (Å²) in [4.78, 5) is 10.8. The van der Waals surface area contributed by atoms with Crippen molar-refractivity contribution in [3.05, 3.63) is 29.0 Å². The van der Waals surface area contributed by atoms with E-state index in [1.165, 1.54) is 32.0 Å². The van der Waals surface area contributed by atoms with E-state index >= 15 is 0 Å². The zero-order valence-corrected chi connectivity index (χ0v) is 9.10. The lowest BCUT2D eigenvalue weighted by atomic mass is 10.1. The minimum absolute atomic E-state index is 0.0786. The highest BCUT2D eigenvalue weighted by Crippen LogP contribution is 2.22. The van der Waals surface area contributed by atoms with E-state index in [0.717, 1.165) is 0 Å². The molecule has 0 saturated heterocycles. The zero-order chi connectivity index (χ0) is 11.6. The van der Waals surface area contributed by atoms with E-state index in [4.69, 9.17) is 16.7 Å². The lowest BCUT2D eigenvalue weighted by Gasteiger charge is -2.22. The molecule has 0 spiro atoms. The van der Waals surface area contributed by atoms with Crippen molar-refractivity contribution in [3.63, 3.8) is 0 Å². The Bertz CT molecular complexity index is 393. The van der Waals surface area contributed by atoms with Gasteiger partial charge in [0.05, 0.1) is 5.69 Å². The van der Waals surface area contributed by atoms with Gasteiger partial charge in [-0.3, -0.25) is 0 Å². The van der Waals surface area contributed by atoms with Gasteiger partial charge in [-0.1, -0.05) is 11.6 Å². The summed E-state index contributed by atoms with van der Waals surface area (Å²) in [6.45, 7) is 2.88. The number of carbonyl (C=O) groups is 1. The zero-order valence-electron chi connectivity index (χ0n) is 8.34. The van der Waals surface area contributed by atoms with Crippen LogP contribution in [0.3, 0.4) is 0 Å². The summed E-state index contributed by atoms with van der Waals surface area (Å²) in [5.74, 6) is -1.60. The molecule has 1 aromatic rings. The Kier molecular flexibility index (Phi) is 3.19. The first kappa shape index (κ1) is 11.8.